The van der Waals surface area contributed by atoms with Crippen molar-refractivity contribution in [3.05, 3.63) is 64.5 Å². The molecular weight excluding hydrogens is 417 g/mol. The molecule has 0 spiro atoms. The van der Waals surface area contributed by atoms with Gasteiger partial charge in [-0.3, -0.25) is 4.79 Å². The highest BCUT2D eigenvalue weighted by Crippen LogP contribution is 2.34. The number of rotatable bonds is 9. The molecule has 178 valence electrons. The van der Waals surface area contributed by atoms with E-state index in [2.05, 4.69) is 10.1 Å². The van der Waals surface area contributed by atoms with Crippen molar-refractivity contribution in [1.82, 2.24) is 4.90 Å². The molecule has 1 aliphatic heterocycles. The Balaban J connectivity index is 1.72. The number of amides is 1. The Morgan fingerprint density at radius 3 is 2.58 bits per heavy atom. The predicted molar refractivity (Wildman–Crippen MR) is 132 cm³/mol. The Kier molecular flexibility index (Phi) is 8.61. The van der Waals surface area contributed by atoms with E-state index in [0.717, 1.165) is 47.3 Å². The van der Waals surface area contributed by atoms with E-state index < -0.39 is 0 Å². The van der Waals surface area contributed by atoms with Crippen LogP contribution in [0.1, 0.15) is 42.0 Å². The largest absolute Gasteiger partial charge is 0.396 e. The monoisotopic (exact) mass is 453 g/mol. The van der Waals surface area contributed by atoms with E-state index in [0.29, 0.717) is 19.6 Å². The maximum Gasteiger partial charge on any atom is 0.229 e. The summed E-state index contributed by atoms with van der Waals surface area (Å²) >= 11 is 0. The summed E-state index contributed by atoms with van der Waals surface area (Å²) in [6.45, 7) is 8.16. The van der Waals surface area contributed by atoms with E-state index in [1.807, 2.05) is 64.0 Å². The summed E-state index contributed by atoms with van der Waals surface area (Å²) in [6, 6.07) is 11.0. The molecule has 0 aromatic heterocycles. The molecule has 2 atom stereocenters. The van der Waals surface area contributed by atoms with E-state index >= 15 is 0 Å². The van der Waals surface area contributed by atoms with Gasteiger partial charge in [0.05, 0.1) is 6.21 Å². The first kappa shape index (κ1) is 24.9. The van der Waals surface area contributed by atoms with Crippen molar-refractivity contribution < 1.29 is 14.0 Å². The minimum Gasteiger partial charge on any atom is -0.396 e. The zero-order chi connectivity index (χ0) is 24.0. The first-order valence-corrected chi connectivity index (χ1v) is 11.7. The van der Waals surface area contributed by atoms with E-state index in [1.54, 1.807) is 12.3 Å². The molecule has 2 aromatic rings. The molecule has 6 heteroatoms. The van der Waals surface area contributed by atoms with Gasteiger partial charge in [0.2, 0.25) is 5.91 Å². The highest BCUT2D eigenvalue weighted by atomic mass is 19.1. The third-order valence-corrected chi connectivity index (χ3v) is 6.18. The standard InChI is InChI=1S/C27H36FN3O2/c1-19-13-22(17-29-33-12-8-11-30(4)5)14-20(2)26(19)31-18-23(15-21(3)27(31)32)16-24-9-6-7-10-25(24)28/h6-7,9-10,13-14,17,21,23H,8,11-12,15-16,18H2,1-5H3/b29-17+. The van der Waals surface area contributed by atoms with Crippen LogP contribution in [0.5, 0.6) is 0 Å². The van der Waals surface area contributed by atoms with E-state index in [-0.39, 0.29) is 23.6 Å². The Labute approximate surface area is 197 Å². The molecule has 0 aliphatic carbocycles. The minimum atomic E-state index is -0.173. The van der Waals surface area contributed by atoms with Gasteiger partial charge in [-0.25, -0.2) is 4.39 Å². The van der Waals surface area contributed by atoms with Crippen LogP contribution in [0, 0.1) is 31.5 Å². The molecule has 2 aromatic carbocycles. The Bertz CT molecular complexity index is 966. The molecule has 1 heterocycles. The Morgan fingerprint density at radius 1 is 1.21 bits per heavy atom. The van der Waals surface area contributed by atoms with Crippen LogP contribution in [0.2, 0.25) is 0 Å². The lowest BCUT2D eigenvalue weighted by Gasteiger charge is -2.38. The Morgan fingerprint density at radius 2 is 1.91 bits per heavy atom. The topological polar surface area (TPSA) is 45.1 Å². The van der Waals surface area contributed by atoms with Crippen molar-refractivity contribution in [1.29, 1.82) is 0 Å². The number of anilines is 1. The zero-order valence-electron chi connectivity index (χ0n) is 20.5. The average Bonchev–Trinajstić information content (AvgIpc) is 2.75. The number of aryl methyl sites for hydroxylation is 2. The fourth-order valence-electron chi connectivity index (χ4n) is 4.70. The third kappa shape index (κ3) is 6.64. The molecule has 3 rings (SSSR count). The molecule has 2 unspecified atom stereocenters. The van der Waals surface area contributed by atoms with Gasteiger partial charge in [-0.05, 0) is 93.6 Å². The summed E-state index contributed by atoms with van der Waals surface area (Å²) in [5, 5.41) is 4.10. The lowest BCUT2D eigenvalue weighted by atomic mass is 9.84. The maximum absolute atomic E-state index is 14.2. The molecule has 5 nitrogen and oxygen atoms in total. The molecule has 33 heavy (non-hydrogen) atoms. The van der Waals surface area contributed by atoms with Crippen LogP contribution >= 0.6 is 0 Å². The summed E-state index contributed by atoms with van der Waals surface area (Å²) in [7, 11) is 4.07. The van der Waals surface area contributed by atoms with Crippen LogP contribution in [0.4, 0.5) is 10.1 Å². The number of carbonyl (C=O) groups excluding carboxylic acids is 1. The van der Waals surface area contributed by atoms with Gasteiger partial charge < -0.3 is 14.6 Å². The second-order valence-corrected chi connectivity index (χ2v) is 9.48. The molecule has 0 bridgehead atoms. The molecule has 0 radical (unpaired) electrons. The van der Waals surface area contributed by atoms with Crippen LogP contribution in [0.3, 0.4) is 0 Å². The number of carbonyl (C=O) groups is 1. The summed E-state index contributed by atoms with van der Waals surface area (Å²) in [4.78, 5) is 22.5. The van der Waals surface area contributed by atoms with Crippen molar-refractivity contribution in [2.24, 2.45) is 17.0 Å². The molecule has 0 N–H and O–H groups in total. The van der Waals surface area contributed by atoms with Gasteiger partial charge in [0, 0.05) is 24.7 Å². The highest BCUT2D eigenvalue weighted by molar-refractivity contribution is 5.97. The van der Waals surface area contributed by atoms with Gasteiger partial charge in [-0.15, -0.1) is 0 Å². The van der Waals surface area contributed by atoms with Gasteiger partial charge in [-0.1, -0.05) is 30.3 Å². The molecular formula is C27H36FN3O2. The molecule has 1 saturated heterocycles. The fraction of sp³-hybridized carbons (Fsp3) is 0.481. The summed E-state index contributed by atoms with van der Waals surface area (Å²) in [5.41, 5.74) is 4.66. The van der Waals surface area contributed by atoms with Gasteiger partial charge >= 0.3 is 0 Å². The quantitative estimate of drug-likeness (QED) is 0.306. The first-order chi connectivity index (χ1) is 15.8. The molecule has 1 amide bonds. The van der Waals surface area contributed by atoms with Crippen molar-refractivity contribution in [2.45, 2.75) is 40.0 Å². The fourth-order valence-corrected chi connectivity index (χ4v) is 4.70. The number of nitrogens with zero attached hydrogens (tertiary/aromatic N) is 3. The summed E-state index contributed by atoms with van der Waals surface area (Å²) < 4.78 is 14.2. The van der Waals surface area contributed by atoms with Crippen LogP contribution in [-0.4, -0.2) is 50.8 Å². The number of oxime groups is 1. The Hall–Kier alpha value is -2.73. The van der Waals surface area contributed by atoms with Crippen LogP contribution in [0.15, 0.2) is 41.6 Å². The first-order valence-electron chi connectivity index (χ1n) is 11.7. The second kappa shape index (κ2) is 11.4. The van der Waals surface area contributed by atoms with Crippen LogP contribution < -0.4 is 4.90 Å². The number of benzene rings is 2. The van der Waals surface area contributed by atoms with Crippen molar-refractivity contribution in [3.8, 4) is 0 Å². The van der Waals surface area contributed by atoms with Gasteiger partial charge in [0.1, 0.15) is 12.4 Å². The van der Waals surface area contributed by atoms with Gasteiger partial charge in [0.15, 0.2) is 0 Å². The number of hydrogen-bond donors (Lipinski definition) is 0. The maximum atomic E-state index is 14.2. The van der Waals surface area contributed by atoms with Crippen LogP contribution in [0.25, 0.3) is 0 Å². The van der Waals surface area contributed by atoms with E-state index in [4.69, 9.17) is 4.84 Å². The second-order valence-electron chi connectivity index (χ2n) is 9.48. The summed E-state index contributed by atoms with van der Waals surface area (Å²) in [6.07, 6.45) is 4.05. The lowest BCUT2D eigenvalue weighted by Crippen LogP contribution is -2.46. The highest BCUT2D eigenvalue weighted by Gasteiger charge is 2.34. The smallest absolute Gasteiger partial charge is 0.229 e. The molecule has 0 saturated carbocycles. The molecule has 1 aliphatic rings. The normalized spacial score (nSPS) is 19.0. The van der Waals surface area contributed by atoms with E-state index in [9.17, 15) is 9.18 Å². The third-order valence-electron chi connectivity index (χ3n) is 6.18. The van der Waals surface area contributed by atoms with Crippen molar-refractivity contribution in [2.75, 3.05) is 38.7 Å². The predicted octanol–water partition coefficient (Wildman–Crippen LogP) is 4.98. The lowest BCUT2D eigenvalue weighted by molar-refractivity contribution is -0.124. The number of piperidine rings is 1. The van der Waals surface area contributed by atoms with Gasteiger partial charge in [-0.2, -0.15) is 0 Å². The summed E-state index contributed by atoms with van der Waals surface area (Å²) in [5.74, 6) is 0.0847. The van der Waals surface area contributed by atoms with Crippen molar-refractivity contribution >= 4 is 17.8 Å². The molecule has 1 fully saturated rings. The van der Waals surface area contributed by atoms with E-state index in [1.165, 1.54) is 6.07 Å². The number of halogens is 1. The average molecular weight is 454 g/mol. The SMILES string of the molecule is Cc1cc(/C=N/OCCCN(C)C)cc(C)c1N1CC(Cc2ccccc2F)CC(C)C1=O. The van der Waals surface area contributed by atoms with Gasteiger partial charge in [0.25, 0.3) is 0 Å². The number of hydrogen-bond acceptors (Lipinski definition) is 4. The van der Waals surface area contributed by atoms with Crippen LogP contribution in [-0.2, 0) is 16.1 Å². The zero-order valence-corrected chi connectivity index (χ0v) is 20.5. The minimum absolute atomic E-state index is 0.0915. The van der Waals surface area contributed by atoms with Crippen molar-refractivity contribution in [3.63, 3.8) is 0 Å².